The molecule has 7 heteroatoms. The van der Waals surface area contributed by atoms with Crippen molar-refractivity contribution in [3.8, 4) is 11.1 Å². The molecule has 2 aliphatic rings. The molecule has 3 aromatic heterocycles. The van der Waals surface area contributed by atoms with Crippen LogP contribution in [0.5, 0.6) is 0 Å². The first-order valence-corrected chi connectivity index (χ1v) is 11.5. The number of H-pyrrole nitrogens is 1. The van der Waals surface area contributed by atoms with Gasteiger partial charge in [-0.15, -0.1) is 0 Å². The number of rotatable bonds is 3. The second-order valence-corrected chi connectivity index (χ2v) is 9.05. The second kappa shape index (κ2) is 8.08. The lowest BCUT2D eigenvalue weighted by molar-refractivity contribution is 0.0733. The third kappa shape index (κ3) is 3.58. The van der Waals surface area contributed by atoms with E-state index in [4.69, 9.17) is 0 Å². The van der Waals surface area contributed by atoms with E-state index in [9.17, 15) is 4.79 Å². The molecule has 0 unspecified atom stereocenters. The average molecular weight is 439 g/mol. The Morgan fingerprint density at radius 3 is 2.82 bits per heavy atom. The molecule has 0 saturated carbocycles. The summed E-state index contributed by atoms with van der Waals surface area (Å²) in [4.78, 5) is 30.9. The molecule has 5 heterocycles. The van der Waals surface area contributed by atoms with Crippen molar-refractivity contribution in [1.82, 2.24) is 30.2 Å². The van der Waals surface area contributed by atoms with E-state index >= 15 is 0 Å². The minimum absolute atomic E-state index is 0.00626. The van der Waals surface area contributed by atoms with Crippen molar-refractivity contribution in [3.05, 3.63) is 77.1 Å². The van der Waals surface area contributed by atoms with E-state index in [0.717, 1.165) is 36.0 Å². The van der Waals surface area contributed by atoms with Crippen molar-refractivity contribution in [3.63, 3.8) is 0 Å². The number of benzene rings is 1. The Morgan fingerprint density at radius 1 is 1.12 bits per heavy atom. The molecule has 1 saturated heterocycles. The molecule has 0 spiro atoms. The fourth-order valence-electron chi connectivity index (χ4n) is 5.18. The Labute approximate surface area is 192 Å². The number of aromatic nitrogens is 4. The highest BCUT2D eigenvalue weighted by atomic mass is 16.2. The van der Waals surface area contributed by atoms with Gasteiger partial charge in [-0.25, -0.2) is 15.0 Å². The molecular formula is C26H26N6O. The maximum absolute atomic E-state index is 13.1. The third-order valence-corrected chi connectivity index (χ3v) is 6.98. The van der Waals surface area contributed by atoms with Gasteiger partial charge < -0.3 is 15.2 Å². The van der Waals surface area contributed by atoms with Crippen LogP contribution in [-0.2, 0) is 13.0 Å². The summed E-state index contributed by atoms with van der Waals surface area (Å²) in [7, 11) is 0. The van der Waals surface area contributed by atoms with Gasteiger partial charge in [0.2, 0.25) is 0 Å². The maximum atomic E-state index is 13.1. The molecular weight excluding hydrogens is 412 g/mol. The van der Waals surface area contributed by atoms with Crippen LogP contribution in [0.2, 0.25) is 0 Å². The fraction of sp³-hybridized carbons (Fsp3) is 0.308. The van der Waals surface area contributed by atoms with Crippen LogP contribution < -0.4 is 5.32 Å². The lowest BCUT2D eigenvalue weighted by Gasteiger charge is -2.32. The van der Waals surface area contributed by atoms with Crippen LogP contribution in [0.1, 0.15) is 51.5 Å². The molecule has 0 bridgehead atoms. The molecule has 6 rings (SSSR count). The molecule has 1 amide bonds. The van der Waals surface area contributed by atoms with Gasteiger partial charge in [-0.2, -0.15) is 0 Å². The summed E-state index contributed by atoms with van der Waals surface area (Å²) in [6.45, 7) is 4.44. The molecule has 166 valence electrons. The van der Waals surface area contributed by atoms with Crippen LogP contribution in [0.25, 0.3) is 22.2 Å². The van der Waals surface area contributed by atoms with E-state index < -0.39 is 0 Å². The van der Waals surface area contributed by atoms with Gasteiger partial charge in [0.25, 0.3) is 5.91 Å². The standard InChI is InChI=1S/C26H26N6O/c1-16-10-30-25-21(16)9-19(13-31-25)18-7-17-4-6-32(26(33)20-11-27-15-28-12-20)14-23(17)22(8-18)24-3-2-5-29-24/h7-13,15,24,29H,2-6,14H2,1H3,(H,30,31)/t24-/m0/s1. The Morgan fingerprint density at radius 2 is 2.00 bits per heavy atom. The maximum Gasteiger partial charge on any atom is 0.257 e. The van der Waals surface area contributed by atoms with Gasteiger partial charge >= 0.3 is 0 Å². The summed E-state index contributed by atoms with van der Waals surface area (Å²) in [5.74, 6) is -0.00626. The number of aryl methyl sites for hydroxylation is 1. The highest BCUT2D eigenvalue weighted by Gasteiger charge is 2.28. The van der Waals surface area contributed by atoms with Crippen LogP contribution in [0.3, 0.4) is 0 Å². The van der Waals surface area contributed by atoms with Crippen molar-refractivity contribution in [2.24, 2.45) is 0 Å². The minimum atomic E-state index is -0.00626. The predicted octanol–water partition coefficient (Wildman–Crippen LogP) is 3.95. The summed E-state index contributed by atoms with van der Waals surface area (Å²) < 4.78 is 0. The van der Waals surface area contributed by atoms with Gasteiger partial charge in [0.15, 0.2) is 0 Å². The number of carbonyl (C=O) groups excluding carboxylic acids is 1. The fourth-order valence-corrected chi connectivity index (χ4v) is 5.18. The van der Waals surface area contributed by atoms with Crippen molar-refractivity contribution in [2.45, 2.75) is 38.8 Å². The number of amides is 1. The van der Waals surface area contributed by atoms with E-state index in [2.05, 4.69) is 50.4 Å². The van der Waals surface area contributed by atoms with Crippen molar-refractivity contribution < 1.29 is 4.79 Å². The highest BCUT2D eigenvalue weighted by Crippen LogP contribution is 2.36. The first kappa shape index (κ1) is 20.1. The van der Waals surface area contributed by atoms with Gasteiger partial charge in [0.05, 0.1) is 5.56 Å². The van der Waals surface area contributed by atoms with Crippen molar-refractivity contribution >= 4 is 16.9 Å². The number of hydrogen-bond donors (Lipinski definition) is 2. The summed E-state index contributed by atoms with van der Waals surface area (Å²) in [5.41, 5.74) is 8.92. The quantitative estimate of drug-likeness (QED) is 0.506. The molecule has 1 aromatic carbocycles. The first-order valence-electron chi connectivity index (χ1n) is 11.5. The molecule has 7 nitrogen and oxygen atoms in total. The van der Waals surface area contributed by atoms with E-state index in [-0.39, 0.29) is 5.91 Å². The number of nitrogens with one attached hydrogen (secondary N) is 2. The monoisotopic (exact) mass is 438 g/mol. The smallest absolute Gasteiger partial charge is 0.257 e. The van der Waals surface area contributed by atoms with Crippen LogP contribution in [0.15, 0.2) is 49.3 Å². The second-order valence-electron chi connectivity index (χ2n) is 9.05. The summed E-state index contributed by atoms with van der Waals surface area (Å²) in [6, 6.07) is 7.16. The SMILES string of the molecule is Cc1c[nH]c2ncc(-c3cc4c(c([C@@H]5CCCN5)c3)CN(C(=O)c3cncnc3)CC4)cc12. The summed E-state index contributed by atoms with van der Waals surface area (Å²) in [6.07, 6.45) is 11.7. The number of hydrogen-bond acceptors (Lipinski definition) is 5. The normalized spacial score (nSPS) is 18.0. The van der Waals surface area contributed by atoms with Crippen LogP contribution in [0, 0.1) is 6.92 Å². The van der Waals surface area contributed by atoms with E-state index in [0.29, 0.717) is 24.7 Å². The van der Waals surface area contributed by atoms with Gasteiger partial charge in [-0.1, -0.05) is 6.07 Å². The predicted molar refractivity (Wildman–Crippen MR) is 127 cm³/mol. The van der Waals surface area contributed by atoms with Crippen LogP contribution >= 0.6 is 0 Å². The number of carbonyl (C=O) groups is 1. The van der Waals surface area contributed by atoms with Gasteiger partial charge in [0, 0.05) is 54.9 Å². The van der Waals surface area contributed by atoms with Crippen LogP contribution in [-0.4, -0.2) is 43.8 Å². The Kier molecular flexibility index (Phi) is 4.91. The summed E-state index contributed by atoms with van der Waals surface area (Å²) >= 11 is 0. The number of nitrogens with zero attached hydrogens (tertiary/aromatic N) is 4. The summed E-state index contributed by atoms with van der Waals surface area (Å²) in [5, 5.41) is 4.83. The average Bonchev–Trinajstić information content (AvgIpc) is 3.53. The lowest BCUT2D eigenvalue weighted by Crippen LogP contribution is -2.37. The number of aromatic amines is 1. The molecule has 4 aromatic rings. The Balaban J connectivity index is 1.41. The van der Waals surface area contributed by atoms with E-state index in [1.54, 1.807) is 12.4 Å². The molecule has 1 fully saturated rings. The topological polar surface area (TPSA) is 86.8 Å². The number of fused-ring (bicyclic) bond motifs is 2. The zero-order valence-electron chi connectivity index (χ0n) is 18.6. The van der Waals surface area contributed by atoms with Gasteiger partial charge in [-0.05, 0) is 72.7 Å². The van der Waals surface area contributed by atoms with Crippen molar-refractivity contribution in [1.29, 1.82) is 0 Å². The Bertz CT molecular complexity index is 1340. The zero-order valence-corrected chi connectivity index (χ0v) is 18.6. The Hall–Kier alpha value is -3.58. The largest absolute Gasteiger partial charge is 0.346 e. The minimum Gasteiger partial charge on any atom is -0.346 e. The molecule has 0 aliphatic carbocycles. The molecule has 1 atom stereocenters. The van der Waals surface area contributed by atoms with Gasteiger partial charge in [0.1, 0.15) is 12.0 Å². The molecule has 33 heavy (non-hydrogen) atoms. The van der Waals surface area contributed by atoms with Crippen LogP contribution in [0.4, 0.5) is 0 Å². The molecule has 0 radical (unpaired) electrons. The molecule has 2 aliphatic heterocycles. The zero-order chi connectivity index (χ0) is 22.4. The molecule has 2 N–H and O–H groups in total. The first-order chi connectivity index (χ1) is 16.2. The lowest BCUT2D eigenvalue weighted by atomic mass is 9.87. The van der Waals surface area contributed by atoms with Crippen molar-refractivity contribution in [2.75, 3.05) is 13.1 Å². The van der Waals surface area contributed by atoms with E-state index in [1.807, 2.05) is 17.3 Å². The third-order valence-electron chi connectivity index (χ3n) is 6.98. The van der Waals surface area contributed by atoms with Gasteiger partial charge in [-0.3, -0.25) is 4.79 Å². The highest BCUT2D eigenvalue weighted by molar-refractivity contribution is 5.93. The van der Waals surface area contributed by atoms with E-state index in [1.165, 1.54) is 40.6 Å². The number of pyridine rings is 1.